The first-order valence-electron chi connectivity index (χ1n) is 7.26. The first-order valence-corrected chi connectivity index (χ1v) is 7.66. The van der Waals surface area contributed by atoms with Gasteiger partial charge in [0.15, 0.2) is 0 Å². The number of hydrogen-bond donors (Lipinski definition) is 1. The summed E-state index contributed by atoms with van der Waals surface area (Å²) in [5.41, 5.74) is 6.64. The maximum absolute atomic E-state index is 5.78. The smallest absolute Gasteiger partial charge is 0.119 e. The number of benzene rings is 1. The molecular formula is C16H26N2O2S. The summed E-state index contributed by atoms with van der Waals surface area (Å²) in [6.07, 6.45) is 0.633. The van der Waals surface area contributed by atoms with E-state index in [2.05, 4.69) is 18.7 Å². The van der Waals surface area contributed by atoms with Gasteiger partial charge in [-0.05, 0) is 31.5 Å². The Hall–Kier alpha value is -1.17. The van der Waals surface area contributed by atoms with E-state index < -0.39 is 0 Å². The third kappa shape index (κ3) is 7.41. The second-order valence-electron chi connectivity index (χ2n) is 5.26. The number of nitrogens with two attached hydrogens (primary N) is 1. The highest BCUT2D eigenvalue weighted by molar-refractivity contribution is 7.80. The second kappa shape index (κ2) is 9.71. The molecule has 0 fully saturated rings. The van der Waals surface area contributed by atoms with Crippen LogP contribution in [0.2, 0.25) is 0 Å². The summed E-state index contributed by atoms with van der Waals surface area (Å²) in [4.78, 5) is 2.85. The highest BCUT2D eigenvalue weighted by Gasteiger charge is 2.08. The SMILES string of the molecule is COCCN(CCOc1ccc(CC(N)=S)cc1)C(C)C. The van der Waals surface area contributed by atoms with Crippen LogP contribution in [0.3, 0.4) is 0 Å². The standard InChI is InChI=1S/C16H26N2O2S/c1-13(2)18(8-10-19-3)9-11-20-15-6-4-14(5-7-15)12-16(17)21/h4-7,13H,8-12H2,1-3H3,(H2,17,21). The Morgan fingerprint density at radius 3 is 2.33 bits per heavy atom. The van der Waals surface area contributed by atoms with Crippen LogP contribution in [0.5, 0.6) is 5.75 Å². The Morgan fingerprint density at radius 2 is 1.81 bits per heavy atom. The fraction of sp³-hybridized carbons (Fsp3) is 0.562. The van der Waals surface area contributed by atoms with Gasteiger partial charge in [-0.1, -0.05) is 24.4 Å². The molecule has 118 valence electrons. The second-order valence-corrected chi connectivity index (χ2v) is 5.78. The number of nitrogens with zero attached hydrogens (tertiary/aromatic N) is 1. The summed E-state index contributed by atoms with van der Waals surface area (Å²) in [5, 5.41) is 0. The van der Waals surface area contributed by atoms with Gasteiger partial charge in [0.05, 0.1) is 11.6 Å². The lowest BCUT2D eigenvalue weighted by Gasteiger charge is -2.25. The average Bonchev–Trinajstić information content (AvgIpc) is 2.43. The van der Waals surface area contributed by atoms with E-state index in [0.717, 1.165) is 31.0 Å². The summed E-state index contributed by atoms with van der Waals surface area (Å²) in [6, 6.07) is 8.40. The number of hydrogen-bond acceptors (Lipinski definition) is 4. The van der Waals surface area contributed by atoms with Gasteiger partial charge in [-0.15, -0.1) is 0 Å². The van der Waals surface area contributed by atoms with Crippen molar-refractivity contribution >= 4 is 17.2 Å². The molecule has 2 N–H and O–H groups in total. The molecule has 0 radical (unpaired) electrons. The van der Waals surface area contributed by atoms with Gasteiger partial charge in [-0.25, -0.2) is 0 Å². The number of thiocarbonyl (C=S) groups is 1. The lowest BCUT2D eigenvalue weighted by atomic mass is 10.1. The summed E-state index contributed by atoms with van der Waals surface area (Å²) >= 11 is 4.90. The molecule has 0 aliphatic carbocycles. The van der Waals surface area contributed by atoms with E-state index in [9.17, 15) is 0 Å². The van der Waals surface area contributed by atoms with E-state index in [4.69, 9.17) is 27.4 Å². The molecule has 1 rings (SSSR count). The minimum absolute atomic E-state index is 0.483. The number of methoxy groups -OCH3 is 1. The molecule has 5 heteroatoms. The van der Waals surface area contributed by atoms with E-state index in [1.165, 1.54) is 0 Å². The maximum Gasteiger partial charge on any atom is 0.119 e. The average molecular weight is 310 g/mol. The van der Waals surface area contributed by atoms with Gasteiger partial charge in [0.1, 0.15) is 12.4 Å². The van der Waals surface area contributed by atoms with E-state index in [0.29, 0.717) is 24.1 Å². The summed E-state index contributed by atoms with van der Waals surface area (Å²) in [7, 11) is 1.73. The normalized spacial score (nSPS) is 11.1. The van der Waals surface area contributed by atoms with Crippen LogP contribution in [-0.2, 0) is 11.2 Å². The third-order valence-corrected chi connectivity index (χ3v) is 3.41. The lowest BCUT2D eigenvalue weighted by molar-refractivity contribution is 0.116. The highest BCUT2D eigenvalue weighted by atomic mass is 32.1. The van der Waals surface area contributed by atoms with Crippen LogP contribution in [0.15, 0.2) is 24.3 Å². The first-order chi connectivity index (χ1) is 10.0. The van der Waals surface area contributed by atoms with Crippen LogP contribution in [0.1, 0.15) is 19.4 Å². The molecule has 1 aromatic carbocycles. The van der Waals surface area contributed by atoms with Crippen LogP contribution >= 0.6 is 12.2 Å². The summed E-state index contributed by atoms with van der Waals surface area (Å²) < 4.78 is 10.9. The molecule has 0 amide bonds. The maximum atomic E-state index is 5.78. The molecule has 0 unspecified atom stereocenters. The Bertz CT molecular complexity index is 421. The van der Waals surface area contributed by atoms with Gasteiger partial charge in [-0.2, -0.15) is 0 Å². The quantitative estimate of drug-likeness (QED) is 0.672. The van der Waals surface area contributed by atoms with Gasteiger partial charge in [0.25, 0.3) is 0 Å². The fourth-order valence-electron chi connectivity index (χ4n) is 2.02. The summed E-state index contributed by atoms with van der Waals surface area (Å²) in [5.74, 6) is 0.872. The van der Waals surface area contributed by atoms with Crippen LogP contribution in [-0.4, -0.2) is 49.3 Å². The molecule has 21 heavy (non-hydrogen) atoms. The molecule has 4 nitrogen and oxygen atoms in total. The van der Waals surface area contributed by atoms with Crippen molar-refractivity contribution in [2.24, 2.45) is 5.73 Å². The van der Waals surface area contributed by atoms with Crippen molar-refractivity contribution in [3.05, 3.63) is 29.8 Å². The Labute approximate surface area is 133 Å². The molecule has 0 aliphatic heterocycles. The van der Waals surface area contributed by atoms with Gasteiger partial charge < -0.3 is 15.2 Å². The van der Waals surface area contributed by atoms with Crippen molar-refractivity contribution in [3.8, 4) is 5.75 Å². The molecule has 0 aliphatic rings. The molecule has 0 heterocycles. The van der Waals surface area contributed by atoms with Gasteiger partial charge in [0.2, 0.25) is 0 Å². The largest absolute Gasteiger partial charge is 0.492 e. The van der Waals surface area contributed by atoms with Crippen molar-refractivity contribution in [1.82, 2.24) is 4.90 Å². The predicted molar refractivity (Wildman–Crippen MR) is 91.0 cm³/mol. The molecule has 0 bridgehead atoms. The van der Waals surface area contributed by atoms with Crippen molar-refractivity contribution in [3.63, 3.8) is 0 Å². The van der Waals surface area contributed by atoms with Gasteiger partial charge in [0, 0.05) is 32.7 Å². The van der Waals surface area contributed by atoms with E-state index in [1.54, 1.807) is 7.11 Å². The van der Waals surface area contributed by atoms with E-state index in [1.807, 2.05) is 24.3 Å². The van der Waals surface area contributed by atoms with Crippen LogP contribution in [0, 0.1) is 0 Å². The fourth-order valence-corrected chi connectivity index (χ4v) is 2.19. The Kier molecular flexibility index (Phi) is 8.27. The van der Waals surface area contributed by atoms with E-state index in [-0.39, 0.29) is 0 Å². The van der Waals surface area contributed by atoms with Gasteiger partial charge >= 0.3 is 0 Å². The zero-order valence-corrected chi connectivity index (χ0v) is 14.0. The van der Waals surface area contributed by atoms with Gasteiger partial charge in [-0.3, -0.25) is 4.90 Å². The minimum Gasteiger partial charge on any atom is -0.492 e. The van der Waals surface area contributed by atoms with Crippen molar-refractivity contribution in [2.45, 2.75) is 26.3 Å². The zero-order chi connectivity index (χ0) is 15.7. The molecular weight excluding hydrogens is 284 g/mol. The molecule has 1 aromatic rings. The zero-order valence-electron chi connectivity index (χ0n) is 13.2. The Balaban J connectivity index is 2.38. The molecule has 0 aromatic heterocycles. The van der Waals surface area contributed by atoms with Crippen LogP contribution < -0.4 is 10.5 Å². The van der Waals surface area contributed by atoms with Crippen LogP contribution in [0.25, 0.3) is 0 Å². The van der Waals surface area contributed by atoms with E-state index >= 15 is 0 Å². The molecule has 0 spiro atoms. The third-order valence-electron chi connectivity index (χ3n) is 3.26. The predicted octanol–water partition coefficient (Wildman–Crippen LogP) is 2.25. The highest BCUT2D eigenvalue weighted by Crippen LogP contribution is 2.13. The number of ether oxygens (including phenoxy) is 2. The molecule has 0 saturated carbocycles. The minimum atomic E-state index is 0.483. The number of rotatable bonds is 10. The summed E-state index contributed by atoms with van der Waals surface area (Å²) in [6.45, 7) is 7.57. The monoisotopic (exact) mass is 310 g/mol. The van der Waals surface area contributed by atoms with Crippen molar-refractivity contribution in [1.29, 1.82) is 0 Å². The molecule has 0 saturated heterocycles. The Morgan fingerprint density at radius 1 is 1.19 bits per heavy atom. The topological polar surface area (TPSA) is 47.7 Å². The molecule has 0 atom stereocenters. The van der Waals surface area contributed by atoms with Crippen molar-refractivity contribution in [2.75, 3.05) is 33.4 Å². The first kappa shape index (κ1) is 17.9. The van der Waals surface area contributed by atoms with Crippen LogP contribution in [0.4, 0.5) is 0 Å². The van der Waals surface area contributed by atoms with Crippen molar-refractivity contribution < 1.29 is 9.47 Å². The lowest BCUT2D eigenvalue weighted by Crippen LogP contribution is -2.37.